The molecule has 0 saturated heterocycles. The van der Waals surface area contributed by atoms with Crippen LogP contribution in [0.3, 0.4) is 0 Å². The number of methoxy groups -OCH3 is 1. The van der Waals surface area contributed by atoms with Crippen molar-refractivity contribution >= 4 is 6.09 Å². The molecular weight excluding hydrogens is 314 g/mol. The standard InChI is InChI=1S/C21H35NO3/c1-20-10-8-14(23)12-13(20)4-5-15-16-6-7-18(22-19(24)25-3)21(16,2)11-9-17(15)20/h13-18,23H,4-12H2,1-3H3,(H,22,24)/t13-,14-,15+,16+,17+,18-,20-,21-/m0/s1. The molecule has 4 rings (SSSR count). The molecule has 4 aliphatic rings. The summed E-state index contributed by atoms with van der Waals surface area (Å²) in [6.07, 6.45) is 10.3. The summed E-state index contributed by atoms with van der Waals surface area (Å²) in [5.41, 5.74) is 0.657. The molecule has 4 saturated carbocycles. The van der Waals surface area contributed by atoms with E-state index in [1.54, 1.807) is 0 Å². The highest BCUT2D eigenvalue weighted by Gasteiger charge is 2.60. The number of carbonyl (C=O) groups is 1. The van der Waals surface area contributed by atoms with Crippen LogP contribution in [0.15, 0.2) is 0 Å². The second-order valence-electron chi connectivity index (χ2n) is 9.90. The molecular formula is C21H35NO3. The van der Waals surface area contributed by atoms with Crippen molar-refractivity contribution in [2.24, 2.45) is 34.5 Å². The van der Waals surface area contributed by atoms with Crippen molar-refractivity contribution in [3.8, 4) is 0 Å². The van der Waals surface area contributed by atoms with Gasteiger partial charge in [0.2, 0.25) is 0 Å². The number of amides is 1. The van der Waals surface area contributed by atoms with Gasteiger partial charge >= 0.3 is 6.09 Å². The van der Waals surface area contributed by atoms with Gasteiger partial charge in [0.1, 0.15) is 0 Å². The zero-order valence-corrected chi connectivity index (χ0v) is 16.1. The van der Waals surface area contributed by atoms with Crippen molar-refractivity contribution in [3.63, 3.8) is 0 Å². The Bertz CT molecular complexity index is 537. The third-order valence-electron chi connectivity index (χ3n) is 9.12. The van der Waals surface area contributed by atoms with E-state index in [2.05, 4.69) is 19.2 Å². The molecule has 0 heterocycles. The second-order valence-corrected chi connectivity index (χ2v) is 9.90. The van der Waals surface area contributed by atoms with Crippen LogP contribution in [-0.4, -0.2) is 30.5 Å². The first-order valence-corrected chi connectivity index (χ1v) is 10.4. The molecule has 0 spiro atoms. The Morgan fingerprint density at radius 3 is 2.48 bits per heavy atom. The molecule has 0 aliphatic heterocycles. The van der Waals surface area contributed by atoms with Crippen LogP contribution in [0.2, 0.25) is 0 Å². The first kappa shape index (κ1) is 17.6. The lowest BCUT2D eigenvalue weighted by molar-refractivity contribution is -0.123. The number of carbonyl (C=O) groups excluding carboxylic acids is 1. The lowest BCUT2D eigenvalue weighted by atomic mass is 9.45. The fraction of sp³-hybridized carbons (Fsp3) is 0.952. The van der Waals surface area contributed by atoms with Gasteiger partial charge in [-0.2, -0.15) is 0 Å². The molecule has 25 heavy (non-hydrogen) atoms. The van der Waals surface area contributed by atoms with Gasteiger partial charge in [-0.05, 0) is 92.3 Å². The molecule has 0 radical (unpaired) electrons. The smallest absolute Gasteiger partial charge is 0.407 e. The van der Waals surface area contributed by atoms with E-state index in [0.29, 0.717) is 11.3 Å². The van der Waals surface area contributed by atoms with Crippen LogP contribution in [0.1, 0.15) is 71.6 Å². The average Bonchev–Trinajstić information content (AvgIpc) is 2.92. The Hall–Kier alpha value is -0.770. The third-order valence-corrected chi connectivity index (χ3v) is 9.12. The van der Waals surface area contributed by atoms with Gasteiger partial charge in [0.25, 0.3) is 0 Å². The molecule has 0 aromatic heterocycles. The molecule has 0 aromatic carbocycles. The molecule has 4 nitrogen and oxygen atoms in total. The zero-order chi connectivity index (χ0) is 17.8. The van der Waals surface area contributed by atoms with Crippen LogP contribution >= 0.6 is 0 Å². The van der Waals surface area contributed by atoms with E-state index in [1.165, 1.54) is 45.6 Å². The van der Waals surface area contributed by atoms with Crippen molar-refractivity contribution in [1.82, 2.24) is 5.32 Å². The zero-order valence-electron chi connectivity index (χ0n) is 16.1. The molecule has 2 N–H and O–H groups in total. The summed E-state index contributed by atoms with van der Waals surface area (Å²) in [7, 11) is 1.46. The Balaban J connectivity index is 1.55. The molecule has 4 heteroatoms. The van der Waals surface area contributed by atoms with Crippen molar-refractivity contribution in [2.45, 2.75) is 83.8 Å². The minimum absolute atomic E-state index is 0.0661. The number of aliphatic hydroxyl groups excluding tert-OH is 1. The molecule has 4 fully saturated rings. The molecule has 0 unspecified atom stereocenters. The van der Waals surface area contributed by atoms with Gasteiger partial charge in [-0.25, -0.2) is 4.79 Å². The normalized spacial score (nSPS) is 51.8. The monoisotopic (exact) mass is 349 g/mol. The van der Waals surface area contributed by atoms with Gasteiger partial charge in [-0.3, -0.25) is 0 Å². The number of alkyl carbamates (subject to hydrolysis) is 1. The quantitative estimate of drug-likeness (QED) is 0.749. The lowest BCUT2D eigenvalue weighted by Crippen LogP contribution is -2.56. The van der Waals surface area contributed by atoms with Crippen molar-refractivity contribution in [3.05, 3.63) is 0 Å². The lowest BCUT2D eigenvalue weighted by Gasteiger charge is -2.60. The maximum Gasteiger partial charge on any atom is 0.407 e. The van der Waals surface area contributed by atoms with Crippen molar-refractivity contribution in [1.29, 1.82) is 0 Å². The van der Waals surface area contributed by atoms with Gasteiger partial charge in [0.15, 0.2) is 0 Å². The van der Waals surface area contributed by atoms with E-state index in [4.69, 9.17) is 4.74 Å². The van der Waals surface area contributed by atoms with Crippen molar-refractivity contribution < 1.29 is 14.6 Å². The topological polar surface area (TPSA) is 58.6 Å². The van der Waals surface area contributed by atoms with E-state index >= 15 is 0 Å². The van der Waals surface area contributed by atoms with Crippen LogP contribution in [-0.2, 0) is 4.74 Å². The second kappa shape index (κ2) is 6.14. The fourth-order valence-corrected chi connectivity index (χ4v) is 7.67. The van der Waals surface area contributed by atoms with E-state index < -0.39 is 0 Å². The maximum atomic E-state index is 11.8. The minimum Gasteiger partial charge on any atom is -0.453 e. The van der Waals surface area contributed by atoms with Crippen LogP contribution in [0.4, 0.5) is 4.79 Å². The SMILES string of the molecule is COC(=O)N[C@H]1CC[C@@H]2[C@H]3CC[C@H]4C[C@@H](O)CC[C@]4(C)[C@@H]3CC[C@]12C. The first-order valence-electron chi connectivity index (χ1n) is 10.4. The van der Waals surface area contributed by atoms with Crippen LogP contribution in [0, 0.1) is 34.5 Å². The van der Waals surface area contributed by atoms with E-state index in [0.717, 1.165) is 37.0 Å². The van der Waals surface area contributed by atoms with Gasteiger partial charge in [-0.1, -0.05) is 13.8 Å². The summed E-state index contributed by atoms with van der Waals surface area (Å²) >= 11 is 0. The largest absolute Gasteiger partial charge is 0.453 e. The van der Waals surface area contributed by atoms with Gasteiger partial charge in [-0.15, -0.1) is 0 Å². The van der Waals surface area contributed by atoms with Crippen LogP contribution < -0.4 is 5.32 Å². The summed E-state index contributed by atoms with van der Waals surface area (Å²) in [6.45, 7) is 4.95. The van der Waals surface area contributed by atoms with Crippen molar-refractivity contribution in [2.75, 3.05) is 7.11 Å². The summed E-state index contributed by atoms with van der Waals surface area (Å²) in [6, 6.07) is 0.268. The molecule has 0 bridgehead atoms. The molecule has 4 aliphatic carbocycles. The van der Waals surface area contributed by atoms with Gasteiger partial charge < -0.3 is 15.2 Å². The summed E-state index contributed by atoms with van der Waals surface area (Å²) in [5, 5.41) is 13.3. The maximum absolute atomic E-state index is 11.8. The Morgan fingerprint density at radius 2 is 1.72 bits per heavy atom. The Labute approximate surface area is 152 Å². The highest BCUT2D eigenvalue weighted by molar-refractivity contribution is 5.67. The van der Waals surface area contributed by atoms with E-state index in [9.17, 15) is 9.90 Å². The number of hydrogen-bond acceptors (Lipinski definition) is 3. The van der Waals surface area contributed by atoms with Crippen LogP contribution in [0.25, 0.3) is 0 Å². The molecule has 142 valence electrons. The number of hydrogen-bond donors (Lipinski definition) is 2. The highest BCUT2D eigenvalue weighted by Crippen LogP contribution is 2.66. The Morgan fingerprint density at radius 1 is 1.00 bits per heavy atom. The van der Waals surface area contributed by atoms with Crippen LogP contribution in [0.5, 0.6) is 0 Å². The number of nitrogens with one attached hydrogen (secondary N) is 1. The number of aliphatic hydroxyl groups is 1. The summed E-state index contributed by atoms with van der Waals surface area (Å²) < 4.78 is 4.87. The molecule has 1 amide bonds. The highest BCUT2D eigenvalue weighted by atomic mass is 16.5. The fourth-order valence-electron chi connectivity index (χ4n) is 7.67. The van der Waals surface area contributed by atoms with Gasteiger partial charge in [0.05, 0.1) is 13.2 Å². The summed E-state index contributed by atoms with van der Waals surface area (Å²) in [4.78, 5) is 11.8. The summed E-state index contributed by atoms with van der Waals surface area (Å²) in [5.74, 6) is 3.07. The molecule has 0 aromatic rings. The van der Waals surface area contributed by atoms with E-state index in [-0.39, 0.29) is 23.7 Å². The third kappa shape index (κ3) is 2.62. The predicted molar refractivity (Wildman–Crippen MR) is 97.1 cm³/mol. The Kier molecular flexibility index (Phi) is 4.33. The number of fused-ring (bicyclic) bond motifs is 5. The number of rotatable bonds is 1. The van der Waals surface area contributed by atoms with E-state index in [1.807, 2.05) is 0 Å². The first-order chi connectivity index (χ1) is 11.9. The van der Waals surface area contributed by atoms with Gasteiger partial charge in [0, 0.05) is 6.04 Å². The average molecular weight is 350 g/mol. The molecule has 8 atom stereocenters. The predicted octanol–water partition coefficient (Wildman–Crippen LogP) is 4.11. The minimum atomic E-state index is -0.272. The number of ether oxygens (including phenoxy) is 1.